The summed E-state index contributed by atoms with van der Waals surface area (Å²) < 4.78 is 9.67. The molecule has 0 spiro atoms. The predicted molar refractivity (Wildman–Crippen MR) is 70.4 cm³/mol. The molecule has 116 valence electrons. The van der Waals surface area contributed by atoms with Crippen LogP contribution >= 0.6 is 0 Å². The Morgan fingerprint density at radius 3 is 2.20 bits per heavy atom. The Kier molecular flexibility index (Phi) is 9.10. The summed E-state index contributed by atoms with van der Waals surface area (Å²) in [5.74, 6) is -1.65. The summed E-state index contributed by atoms with van der Waals surface area (Å²) in [4.78, 5) is 36.7. The molecule has 0 fully saturated rings. The van der Waals surface area contributed by atoms with Crippen LogP contribution in [0.3, 0.4) is 0 Å². The van der Waals surface area contributed by atoms with Crippen molar-refractivity contribution < 1.29 is 29.0 Å². The van der Waals surface area contributed by atoms with E-state index >= 15 is 0 Å². The molecule has 0 saturated heterocycles. The van der Waals surface area contributed by atoms with Crippen LogP contribution in [0.15, 0.2) is 0 Å². The zero-order chi connectivity index (χ0) is 15.5. The summed E-state index contributed by atoms with van der Waals surface area (Å²) in [5, 5.41) is 8.76. The van der Waals surface area contributed by atoms with Gasteiger partial charge in [0.2, 0.25) is 0 Å². The minimum atomic E-state index is -1.11. The van der Waals surface area contributed by atoms with E-state index in [4.69, 9.17) is 14.6 Å². The van der Waals surface area contributed by atoms with Crippen LogP contribution in [0.25, 0.3) is 0 Å². The van der Waals surface area contributed by atoms with Gasteiger partial charge in [-0.05, 0) is 13.8 Å². The number of carboxylic acid groups (broad SMARTS) is 1. The third-order valence-corrected chi connectivity index (χ3v) is 2.44. The van der Waals surface area contributed by atoms with Crippen LogP contribution in [0.4, 0.5) is 4.79 Å². The van der Waals surface area contributed by atoms with Crippen molar-refractivity contribution in [2.24, 2.45) is 0 Å². The molecule has 20 heavy (non-hydrogen) atoms. The average molecular weight is 290 g/mol. The van der Waals surface area contributed by atoms with Crippen LogP contribution in [-0.2, 0) is 19.1 Å². The summed E-state index contributed by atoms with van der Waals surface area (Å²) in [7, 11) is 1.47. The second-order valence-corrected chi connectivity index (χ2v) is 3.91. The Bertz CT molecular complexity index is 334. The van der Waals surface area contributed by atoms with E-state index < -0.39 is 24.5 Å². The molecule has 0 rings (SSSR count). The number of ether oxygens (including phenoxy) is 2. The smallest absolute Gasteiger partial charge is 0.325 e. The van der Waals surface area contributed by atoms with Gasteiger partial charge in [0.1, 0.15) is 13.1 Å². The Balaban J connectivity index is 4.75. The molecule has 0 bridgehead atoms. The molecular formula is C12H22N2O6. The van der Waals surface area contributed by atoms with E-state index in [0.717, 1.165) is 4.90 Å². The standard InChI is InChI=1S/C12H22N2O6/c1-4-13(8-10(15)16)12(18)14(6-7-19-3)9-11(17)20-5-2/h4-9H2,1-3H3,(H,15,16). The largest absolute Gasteiger partial charge is 0.480 e. The molecule has 0 saturated carbocycles. The van der Waals surface area contributed by atoms with Crippen molar-refractivity contribution in [3.05, 3.63) is 0 Å². The number of carboxylic acids is 1. The molecular weight excluding hydrogens is 268 g/mol. The zero-order valence-electron chi connectivity index (χ0n) is 12.1. The van der Waals surface area contributed by atoms with E-state index in [0.29, 0.717) is 0 Å². The maximum atomic E-state index is 12.2. The molecule has 8 heteroatoms. The fourth-order valence-corrected chi connectivity index (χ4v) is 1.48. The number of esters is 1. The number of urea groups is 1. The van der Waals surface area contributed by atoms with E-state index in [9.17, 15) is 14.4 Å². The van der Waals surface area contributed by atoms with Crippen molar-refractivity contribution in [2.45, 2.75) is 13.8 Å². The first-order valence-corrected chi connectivity index (χ1v) is 6.36. The number of rotatable bonds is 9. The highest BCUT2D eigenvalue weighted by Gasteiger charge is 2.23. The molecule has 0 unspecified atom stereocenters. The third-order valence-electron chi connectivity index (χ3n) is 2.44. The van der Waals surface area contributed by atoms with Gasteiger partial charge < -0.3 is 24.4 Å². The first kappa shape index (κ1) is 18.2. The second-order valence-electron chi connectivity index (χ2n) is 3.91. The number of amides is 2. The van der Waals surface area contributed by atoms with E-state index in [2.05, 4.69) is 0 Å². The maximum Gasteiger partial charge on any atom is 0.325 e. The highest BCUT2D eigenvalue weighted by Crippen LogP contribution is 2.01. The van der Waals surface area contributed by atoms with Crippen molar-refractivity contribution in [3.63, 3.8) is 0 Å². The van der Waals surface area contributed by atoms with Crippen LogP contribution in [-0.4, -0.2) is 79.4 Å². The molecule has 0 aromatic carbocycles. The van der Waals surface area contributed by atoms with Gasteiger partial charge in [0.05, 0.1) is 13.2 Å². The normalized spacial score (nSPS) is 9.95. The van der Waals surface area contributed by atoms with E-state index in [1.165, 1.54) is 12.0 Å². The van der Waals surface area contributed by atoms with Gasteiger partial charge in [-0.25, -0.2) is 4.79 Å². The Hall–Kier alpha value is -1.83. The zero-order valence-corrected chi connectivity index (χ0v) is 12.1. The van der Waals surface area contributed by atoms with E-state index in [1.54, 1.807) is 13.8 Å². The minimum Gasteiger partial charge on any atom is -0.480 e. The van der Waals surface area contributed by atoms with Crippen molar-refractivity contribution in [1.82, 2.24) is 9.80 Å². The van der Waals surface area contributed by atoms with Gasteiger partial charge in [-0.1, -0.05) is 0 Å². The van der Waals surface area contributed by atoms with Crippen molar-refractivity contribution >= 4 is 18.0 Å². The van der Waals surface area contributed by atoms with Crippen molar-refractivity contribution in [2.75, 3.05) is 46.5 Å². The van der Waals surface area contributed by atoms with Crippen LogP contribution in [0, 0.1) is 0 Å². The number of aliphatic carboxylic acids is 1. The molecule has 0 atom stereocenters. The fourth-order valence-electron chi connectivity index (χ4n) is 1.48. The first-order valence-electron chi connectivity index (χ1n) is 6.36. The van der Waals surface area contributed by atoms with Crippen LogP contribution < -0.4 is 0 Å². The lowest BCUT2D eigenvalue weighted by atomic mass is 10.4. The molecule has 8 nitrogen and oxygen atoms in total. The SMILES string of the molecule is CCOC(=O)CN(CCOC)C(=O)N(CC)CC(=O)O. The Labute approximate surface area is 118 Å². The van der Waals surface area contributed by atoms with Crippen LogP contribution in [0.1, 0.15) is 13.8 Å². The first-order chi connectivity index (χ1) is 9.46. The summed E-state index contributed by atoms with van der Waals surface area (Å²) in [6, 6.07) is -0.528. The van der Waals surface area contributed by atoms with Gasteiger partial charge in [-0.3, -0.25) is 9.59 Å². The van der Waals surface area contributed by atoms with Crippen molar-refractivity contribution in [3.8, 4) is 0 Å². The van der Waals surface area contributed by atoms with Crippen molar-refractivity contribution in [1.29, 1.82) is 0 Å². The number of carbonyl (C=O) groups excluding carboxylic acids is 2. The maximum absolute atomic E-state index is 12.2. The third kappa shape index (κ3) is 6.93. The summed E-state index contributed by atoms with van der Waals surface area (Å²) in [5.41, 5.74) is 0. The van der Waals surface area contributed by atoms with E-state index in [-0.39, 0.29) is 32.8 Å². The molecule has 0 heterocycles. The van der Waals surface area contributed by atoms with Gasteiger partial charge in [-0.2, -0.15) is 0 Å². The number of nitrogens with zero attached hydrogens (tertiary/aromatic N) is 2. The summed E-state index contributed by atoms with van der Waals surface area (Å²) >= 11 is 0. The highest BCUT2D eigenvalue weighted by molar-refractivity contribution is 5.83. The summed E-state index contributed by atoms with van der Waals surface area (Å²) in [6.45, 7) is 3.57. The molecule has 0 aromatic heterocycles. The number of likely N-dealkylation sites (N-methyl/N-ethyl adjacent to an activating group) is 1. The Morgan fingerprint density at radius 2 is 1.75 bits per heavy atom. The topological polar surface area (TPSA) is 96.4 Å². The number of carbonyl (C=O) groups is 3. The molecule has 0 radical (unpaired) electrons. The predicted octanol–water partition coefficient (Wildman–Crippen LogP) is 0.0244. The molecule has 0 aliphatic heterocycles. The monoisotopic (exact) mass is 290 g/mol. The lowest BCUT2D eigenvalue weighted by Crippen LogP contribution is -2.48. The minimum absolute atomic E-state index is 0.185. The average Bonchev–Trinajstić information content (AvgIpc) is 2.40. The van der Waals surface area contributed by atoms with E-state index in [1.807, 2.05) is 0 Å². The number of hydrogen-bond donors (Lipinski definition) is 1. The lowest BCUT2D eigenvalue weighted by molar-refractivity contribution is -0.143. The fraction of sp³-hybridized carbons (Fsp3) is 0.750. The highest BCUT2D eigenvalue weighted by atomic mass is 16.5. The van der Waals surface area contributed by atoms with Gasteiger partial charge in [-0.15, -0.1) is 0 Å². The quantitative estimate of drug-likeness (QED) is 0.602. The van der Waals surface area contributed by atoms with Gasteiger partial charge in [0, 0.05) is 20.2 Å². The van der Waals surface area contributed by atoms with Gasteiger partial charge >= 0.3 is 18.0 Å². The number of methoxy groups -OCH3 is 1. The molecule has 0 aliphatic rings. The lowest BCUT2D eigenvalue weighted by Gasteiger charge is -2.28. The molecule has 0 aliphatic carbocycles. The van der Waals surface area contributed by atoms with Crippen LogP contribution in [0.2, 0.25) is 0 Å². The number of hydrogen-bond acceptors (Lipinski definition) is 5. The van der Waals surface area contributed by atoms with Gasteiger partial charge in [0.15, 0.2) is 0 Å². The Morgan fingerprint density at radius 1 is 1.10 bits per heavy atom. The van der Waals surface area contributed by atoms with Gasteiger partial charge in [0.25, 0.3) is 0 Å². The molecule has 0 aromatic rings. The van der Waals surface area contributed by atoms with Crippen LogP contribution in [0.5, 0.6) is 0 Å². The molecule has 1 N–H and O–H groups in total. The summed E-state index contributed by atoms with van der Waals surface area (Å²) in [6.07, 6.45) is 0. The second kappa shape index (κ2) is 10.0. The molecule has 2 amide bonds.